The van der Waals surface area contributed by atoms with Crippen molar-refractivity contribution < 1.29 is 14.0 Å². The number of carbonyl (C=O) groups excluding carboxylic acids is 1. The van der Waals surface area contributed by atoms with Gasteiger partial charge in [-0.3, -0.25) is 0 Å². The number of rotatable bonds is 5. The molecule has 0 bridgehead atoms. The van der Waals surface area contributed by atoms with Crippen molar-refractivity contribution in [1.29, 1.82) is 0 Å². The Labute approximate surface area is 140 Å². The van der Waals surface area contributed by atoms with Crippen LogP contribution in [0.2, 0.25) is 18.1 Å². The second kappa shape index (κ2) is 7.01. The summed E-state index contributed by atoms with van der Waals surface area (Å²) in [5, 5.41) is 0.190. The van der Waals surface area contributed by atoms with Gasteiger partial charge in [-0.2, -0.15) is 0 Å². The second-order valence-corrected chi connectivity index (χ2v) is 12.5. The fraction of sp³-hybridized carbons (Fsp3) is 0.526. The molecule has 0 fully saturated rings. The number of carbonyl (C=O) groups is 1. The molecule has 2 atom stereocenters. The molecule has 0 aromatic heterocycles. The van der Waals surface area contributed by atoms with Crippen LogP contribution in [0.15, 0.2) is 42.5 Å². The Morgan fingerprint density at radius 2 is 1.87 bits per heavy atom. The minimum atomic E-state index is -1.77. The molecule has 3 nitrogen and oxygen atoms in total. The summed E-state index contributed by atoms with van der Waals surface area (Å²) < 4.78 is 12.0. The Hall–Kier alpha value is -1.39. The van der Waals surface area contributed by atoms with Crippen LogP contribution >= 0.6 is 0 Å². The van der Waals surface area contributed by atoms with E-state index in [4.69, 9.17) is 9.16 Å². The number of benzene rings is 1. The van der Waals surface area contributed by atoms with E-state index in [2.05, 4.69) is 39.9 Å². The summed E-state index contributed by atoms with van der Waals surface area (Å²) in [6.45, 7) is 11.9. The van der Waals surface area contributed by atoms with Crippen molar-refractivity contribution in [3.05, 3.63) is 48.0 Å². The summed E-state index contributed by atoms with van der Waals surface area (Å²) in [5.74, 6) is -0.0451. The molecule has 0 saturated carbocycles. The van der Waals surface area contributed by atoms with Crippen molar-refractivity contribution in [2.75, 3.05) is 6.61 Å². The van der Waals surface area contributed by atoms with Gasteiger partial charge in [0.1, 0.15) is 6.10 Å². The number of allylic oxidation sites excluding steroid dienone is 1. The lowest BCUT2D eigenvalue weighted by atomic mass is 10.1. The van der Waals surface area contributed by atoms with E-state index in [0.29, 0.717) is 12.2 Å². The first kappa shape index (κ1) is 18.0. The van der Waals surface area contributed by atoms with Gasteiger partial charge in [0, 0.05) is 12.5 Å². The van der Waals surface area contributed by atoms with Gasteiger partial charge in [-0.25, -0.2) is 4.79 Å². The van der Waals surface area contributed by atoms with Crippen molar-refractivity contribution in [3.8, 4) is 0 Å². The molecule has 1 aromatic rings. The average Bonchev–Trinajstić information content (AvgIpc) is 2.92. The molecule has 0 N–H and O–H groups in total. The first-order valence-electron chi connectivity index (χ1n) is 8.27. The van der Waals surface area contributed by atoms with Gasteiger partial charge in [0.2, 0.25) is 0 Å². The Kier molecular flexibility index (Phi) is 5.47. The molecule has 0 aliphatic heterocycles. The topological polar surface area (TPSA) is 35.5 Å². The van der Waals surface area contributed by atoms with E-state index in [1.54, 1.807) is 12.1 Å². The standard InChI is InChI=1S/C19H28O3Si/c1-19(2,3)23(4,5)21-14-16-12-9-13-17(16)22-18(20)15-10-7-6-8-11-15/h6-11,13,16-17H,12,14H2,1-5H3/t16-,17+/m1/s1. The minimum absolute atomic E-state index is 0.188. The molecule has 4 heteroatoms. The molecule has 1 aliphatic rings. The monoisotopic (exact) mass is 332 g/mol. The van der Waals surface area contributed by atoms with Crippen LogP contribution in [0.4, 0.5) is 0 Å². The summed E-state index contributed by atoms with van der Waals surface area (Å²) in [7, 11) is -1.77. The molecule has 1 aliphatic carbocycles. The Morgan fingerprint density at radius 3 is 2.48 bits per heavy atom. The molecule has 0 heterocycles. The number of ether oxygens (including phenoxy) is 1. The molecule has 0 spiro atoms. The third-order valence-electron chi connectivity index (χ3n) is 4.95. The third-order valence-corrected chi connectivity index (χ3v) is 9.45. The van der Waals surface area contributed by atoms with E-state index in [9.17, 15) is 4.79 Å². The highest BCUT2D eigenvalue weighted by atomic mass is 28.4. The van der Waals surface area contributed by atoms with Gasteiger partial charge in [0.25, 0.3) is 0 Å². The van der Waals surface area contributed by atoms with Crippen LogP contribution in [-0.2, 0) is 9.16 Å². The van der Waals surface area contributed by atoms with E-state index in [-0.39, 0.29) is 23.0 Å². The van der Waals surface area contributed by atoms with Crippen LogP contribution in [-0.4, -0.2) is 27.0 Å². The average molecular weight is 333 g/mol. The Morgan fingerprint density at radius 1 is 1.22 bits per heavy atom. The zero-order chi connectivity index (χ0) is 17.1. The smallest absolute Gasteiger partial charge is 0.338 e. The van der Waals surface area contributed by atoms with Gasteiger partial charge in [-0.1, -0.05) is 45.0 Å². The lowest BCUT2D eigenvalue weighted by Crippen LogP contribution is -2.42. The fourth-order valence-electron chi connectivity index (χ4n) is 2.27. The van der Waals surface area contributed by atoms with Crippen LogP contribution in [0.25, 0.3) is 0 Å². The Bertz CT molecular complexity index is 558. The van der Waals surface area contributed by atoms with Crippen molar-refractivity contribution in [3.63, 3.8) is 0 Å². The van der Waals surface area contributed by atoms with Crippen molar-refractivity contribution in [2.45, 2.75) is 51.4 Å². The number of esters is 1. The molecule has 0 saturated heterocycles. The molecular weight excluding hydrogens is 304 g/mol. The molecule has 0 radical (unpaired) electrons. The third kappa shape index (κ3) is 4.55. The molecule has 0 amide bonds. The van der Waals surface area contributed by atoms with Crippen LogP contribution in [0, 0.1) is 5.92 Å². The summed E-state index contributed by atoms with van der Waals surface area (Å²) in [6, 6.07) is 9.14. The quantitative estimate of drug-likeness (QED) is 0.441. The molecule has 1 aromatic carbocycles. The molecule has 23 heavy (non-hydrogen) atoms. The highest BCUT2D eigenvalue weighted by molar-refractivity contribution is 6.74. The van der Waals surface area contributed by atoms with E-state index in [1.807, 2.05) is 24.3 Å². The zero-order valence-electron chi connectivity index (χ0n) is 14.8. The highest BCUT2D eigenvalue weighted by Gasteiger charge is 2.38. The number of hydrogen-bond acceptors (Lipinski definition) is 3. The second-order valence-electron chi connectivity index (χ2n) is 7.73. The van der Waals surface area contributed by atoms with E-state index < -0.39 is 8.32 Å². The summed E-state index contributed by atoms with van der Waals surface area (Å²) >= 11 is 0. The first-order chi connectivity index (χ1) is 10.7. The zero-order valence-corrected chi connectivity index (χ0v) is 15.8. The fourth-order valence-corrected chi connectivity index (χ4v) is 3.34. The lowest BCUT2D eigenvalue weighted by Gasteiger charge is -2.37. The van der Waals surface area contributed by atoms with Gasteiger partial charge < -0.3 is 9.16 Å². The van der Waals surface area contributed by atoms with Crippen LogP contribution < -0.4 is 0 Å². The van der Waals surface area contributed by atoms with Gasteiger partial charge in [0.15, 0.2) is 8.32 Å². The first-order valence-corrected chi connectivity index (χ1v) is 11.2. The maximum Gasteiger partial charge on any atom is 0.338 e. The largest absolute Gasteiger partial charge is 0.454 e. The van der Waals surface area contributed by atoms with Crippen LogP contribution in [0.5, 0.6) is 0 Å². The summed E-state index contributed by atoms with van der Waals surface area (Å²) in [6.07, 6.45) is 4.79. The minimum Gasteiger partial charge on any atom is -0.454 e. The summed E-state index contributed by atoms with van der Waals surface area (Å²) in [5.41, 5.74) is 0.594. The predicted octanol–water partition coefficient (Wildman–Crippen LogP) is 4.81. The van der Waals surface area contributed by atoms with Crippen molar-refractivity contribution in [1.82, 2.24) is 0 Å². The van der Waals surface area contributed by atoms with E-state index in [1.165, 1.54) is 0 Å². The highest BCUT2D eigenvalue weighted by Crippen LogP contribution is 2.37. The van der Waals surface area contributed by atoms with E-state index >= 15 is 0 Å². The van der Waals surface area contributed by atoms with Crippen LogP contribution in [0.3, 0.4) is 0 Å². The summed E-state index contributed by atoms with van der Waals surface area (Å²) in [4.78, 5) is 12.2. The normalized spacial score (nSPS) is 21.4. The molecule has 0 unspecified atom stereocenters. The van der Waals surface area contributed by atoms with Gasteiger partial charge in [0.05, 0.1) is 5.56 Å². The van der Waals surface area contributed by atoms with E-state index in [0.717, 1.165) is 6.42 Å². The maximum absolute atomic E-state index is 12.2. The number of hydrogen-bond donors (Lipinski definition) is 0. The van der Waals surface area contributed by atoms with Crippen LogP contribution in [0.1, 0.15) is 37.6 Å². The molecule has 126 valence electrons. The molecular formula is C19H28O3Si. The predicted molar refractivity (Wildman–Crippen MR) is 96.0 cm³/mol. The van der Waals surface area contributed by atoms with Crippen molar-refractivity contribution >= 4 is 14.3 Å². The lowest BCUT2D eigenvalue weighted by molar-refractivity contribution is 0.0237. The SMILES string of the molecule is CC(C)(C)[Si](C)(C)OC[C@H]1CC=C[C@@H]1OC(=O)c1ccccc1. The van der Waals surface area contributed by atoms with Crippen molar-refractivity contribution in [2.24, 2.45) is 5.92 Å². The van der Waals surface area contributed by atoms with Gasteiger partial charge >= 0.3 is 5.97 Å². The Balaban J connectivity index is 1.93. The van der Waals surface area contributed by atoms with Gasteiger partial charge in [-0.15, -0.1) is 0 Å². The molecule has 2 rings (SSSR count). The van der Waals surface area contributed by atoms with Gasteiger partial charge in [-0.05, 0) is 42.8 Å². The maximum atomic E-state index is 12.2.